The monoisotopic (exact) mass is 174 g/mol. The molecule has 0 aromatic rings. The first-order valence-corrected chi connectivity index (χ1v) is 5.48. The molecule has 0 spiro atoms. The molecule has 1 aliphatic rings. The molecule has 1 heterocycles. The normalized spacial score (nSPS) is 28.4. The van der Waals surface area contributed by atoms with Gasteiger partial charge in [0.1, 0.15) is 0 Å². The van der Waals surface area contributed by atoms with Gasteiger partial charge in [-0.3, -0.25) is 0 Å². The first-order valence-electron chi connectivity index (χ1n) is 4.33. The second-order valence-corrected chi connectivity index (χ2v) is 4.42. The molecular weight excluding hydrogens is 156 g/mol. The van der Waals surface area contributed by atoms with Gasteiger partial charge in [-0.05, 0) is 11.7 Å². The lowest BCUT2D eigenvalue weighted by Gasteiger charge is -2.20. The quantitative estimate of drug-likeness (QED) is 0.666. The number of hydrogen-bond acceptors (Lipinski definition) is 3. The van der Waals surface area contributed by atoms with Crippen molar-refractivity contribution in [2.24, 2.45) is 11.7 Å². The summed E-state index contributed by atoms with van der Waals surface area (Å²) in [6.45, 7) is 6.67. The van der Waals surface area contributed by atoms with Crippen LogP contribution in [0.4, 0.5) is 0 Å². The Morgan fingerprint density at radius 2 is 2.45 bits per heavy atom. The number of thioether (sulfide) groups is 1. The van der Waals surface area contributed by atoms with Crippen LogP contribution in [0.2, 0.25) is 0 Å². The van der Waals surface area contributed by atoms with Crippen molar-refractivity contribution in [1.29, 1.82) is 0 Å². The minimum Gasteiger partial charge on any atom is -0.329 e. The van der Waals surface area contributed by atoms with E-state index in [1.807, 2.05) is 0 Å². The van der Waals surface area contributed by atoms with Crippen LogP contribution in [0.25, 0.3) is 0 Å². The number of nitrogens with two attached hydrogens (primary N) is 1. The van der Waals surface area contributed by atoms with Crippen LogP contribution < -0.4 is 5.73 Å². The zero-order valence-electron chi connectivity index (χ0n) is 7.25. The van der Waals surface area contributed by atoms with Gasteiger partial charge in [0, 0.05) is 31.9 Å². The summed E-state index contributed by atoms with van der Waals surface area (Å²) in [6, 6.07) is 0. The molecule has 0 bridgehead atoms. The second kappa shape index (κ2) is 5.01. The predicted octanol–water partition coefficient (Wildman–Crippen LogP) is 0.630. The molecule has 2 nitrogen and oxygen atoms in total. The number of nitrogens with zero attached hydrogens (tertiary/aromatic N) is 1. The SMILES string of the molecule is CC1CSCCN(CCN)C1. The van der Waals surface area contributed by atoms with Crippen molar-refractivity contribution in [1.82, 2.24) is 4.90 Å². The Balaban J connectivity index is 2.27. The van der Waals surface area contributed by atoms with Gasteiger partial charge in [-0.15, -0.1) is 0 Å². The minimum atomic E-state index is 0.803. The lowest BCUT2D eigenvalue weighted by atomic mass is 10.2. The summed E-state index contributed by atoms with van der Waals surface area (Å²) in [5, 5.41) is 0. The maximum Gasteiger partial charge on any atom is 0.0105 e. The van der Waals surface area contributed by atoms with Crippen LogP contribution in [-0.2, 0) is 0 Å². The van der Waals surface area contributed by atoms with E-state index in [0.717, 1.165) is 19.0 Å². The van der Waals surface area contributed by atoms with Crippen LogP contribution in [0.3, 0.4) is 0 Å². The lowest BCUT2D eigenvalue weighted by Crippen LogP contribution is -2.33. The molecule has 1 atom stereocenters. The molecule has 1 unspecified atom stereocenters. The molecule has 1 rings (SSSR count). The molecule has 3 heteroatoms. The second-order valence-electron chi connectivity index (χ2n) is 3.27. The molecular formula is C8H18N2S. The van der Waals surface area contributed by atoms with Gasteiger partial charge < -0.3 is 10.6 Å². The van der Waals surface area contributed by atoms with Gasteiger partial charge in [-0.25, -0.2) is 0 Å². The van der Waals surface area contributed by atoms with E-state index in [2.05, 4.69) is 23.6 Å². The molecule has 2 N–H and O–H groups in total. The summed E-state index contributed by atoms with van der Waals surface area (Å²) < 4.78 is 0. The van der Waals surface area contributed by atoms with E-state index < -0.39 is 0 Å². The molecule has 11 heavy (non-hydrogen) atoms. The largest absolute Gasteiger partial charge is 0.329 e. The van der Waals surface area contributed by atoms with Gasteiger partial charge in [-0.2, -0.15) is 11.8 Å². The highest BCUT2D eigenvalue weighted by atomic mass is 32.2. The fourth-order valence-electron chi connectivity index (χ4n) is 1.45. The van der Waals surface area contributed by atoms with Crippen molar-refractivity contribution < 1.29 is 0 Å². The number of rotatable bonds is 2. The van der Waals surface area contributed by atoms with Gasteiger partial charge in [0.2, 0.25) is 0 Å². The van der Waals surface area contributed by atoms with Crippen LogP contribution in [-0.4, -0.2) is 42.6 Å². The van der Waals surface area contributed by atoms with Gasteiger partial charge >= 0.3 is 0 Å². The van der Waals surface area contributed by atoms with Gasteiger partial charge in [0.05, 0.1) is 0 Å². The first-order chi connectivity index (χ1) is 5.33. The highest BCUT2D eigenvalue weighted by Gasteiger charge is 2.13. The lowest BCUT2D eigenvalue weighted by molar-refractivity contribution is 0.272. The fraction of sp³-hybridized carbons (Fsp3) is 1.00. The Morgan fingerprint density at radius 1 is 1.64 bits per heavy atom. The molecule has 0 saturated carbocycles. The zero-order chi connectivity index (χ0) is 8.10. The maximum absolute atomic E-state index is 5.51. The van der Waals surface area contributed by atoms with Crippen LogP contribution in [0.5, 0.6) is 0 Å². The summed E-state index contributed by atoms with van der Waals surface area (Å²) in [4.78, 5) is 2.48. The van der Waals surface area contributed by atoms with E-state index in [0.29, 0.717) is 0 Å². The summed E-state index contributed by atoms with van der Waals surface area (Å²) in [7, 11) is 0. The van der Waals surface area contributed by atoms with Crippen molar-refractivity contribution in [2.75, 3.05) is 37.7 Å². The molecule has 0 aliphatic carbocycles. The highest BCUT2D eigenvalue weighted by Crippen LogP contribution is 2.14. The van der Waals surface area contributed by atoms with Crippen molar-refractivity contribution in [3.05, 3.63) is 0 Å². The molecule has 0 radical (unpaired) electrons. The third-order valence-electron chi connectivity index (χ3n) is 1.97. The topological polar surface area (TPSA) is 29.3 Å². The van der Waals surface area contributed by atoms with Gasteiger partial charge in [0.15, 0.2) is 0 Å². The molecule has 66 valence electrons. The number of hydrogen-bond donors (Lipinski definition) is 1. The Bertz CT molecular complexity index is 108. The summed E-state index contributed by atoms with van der Waals surface area (Å²) in [5.41, 5.74) is 5.51. The Labute approximate surface area is 73.5 Å². The Kier molecular flexibility index (Phi) is 4.26. The standard InChI is InChI=1S/C8H18N2S/c1-8-6-10(3-2-9)4-5-11-7-8/h8H,2-7,9H2,1H3. The Hall–Kier alpha value is 0.270. The molecule has 1 saturated heterocycles. The fourth-order valence-corrected chi connectivity index (χ4v) is 2.51. The Morgan fingerprint density at radius 3 is 3.18 bits per heavy atom. The van der Waals surface area contributed by atoms with Crippen molar-refractivity contribution in [3.8, 4) is 0 Å². The van der Waals surface area contributed by atoms with Crippen molar-refractivity contribution >= 4 is 11.8 Å². The minimum absolute atomic E-state index is 0.803. The van der Waals surface area contributed by atoms with E-state index in [9.17, 15) is 0 Å². The summed E-state index contributed by atoms with van der Waals surface area (Å²) >= 11 is 2.07. The van der Waals surface area contributed by atoms with Gasteiger partial charge in [-0.1, -0.05) is 6.92 Å². The van der Waals surface area contributed by atoms with E-state index in [1.165, 1.54) is 24.6 Å². The predicted molar refractivity (Wildman–Crippen MR) is 52.0 cm³/mol. The van der Waals surface area contributed by atoms with Crippen LogP contribution in [0.15, 0.2) is 0 Å². The van der Waals surface area contributed by atoms with Gasteiger partial charge in [0.25, 0.3) is 0 Å². The maximum atomic E-state index is 5.51. The van der Waals surface area contributed by atoms with Crippen LogP contribution in [0, 0.1) is 5.92 Å². The van der Waals surface area contributed by atoms with Crippen molar-refractivity contribution in [2.45, 2.75) is 6.92 Å². The highest BCUT2D eigenvalue weighted by molar-refractivity contribution is 7.99. The summed E-state index contributed by atoms with van der Waals surface area (Å²) in [5.74, 6) is 3.44. The van der Waals surface area contributed by atoms with E-state index in [4.69, 9.17) is 5.73 Å². The van der Waals surface area contributed by atoms with E-state index in [1.54, 1.807) is 0 Å². The molecule has 1 aliphatic heterocycles. The molecule has 1 fully saturated rings. The third-order valence-corrected chi connectivity index (χ3v) is 3.25. The smallest absolute Gasteiger partial charge is 0.0105 e. The van der Waals surface area contributed by atoms with E-state index >= 15 is 0 Å². The summed E-state index contributed by atoms with van der Waals surface area (Å²) in [6.07, 6.45) is 0. The van der Waals surface area contributed by atoms with Crippen molar-refractivity contribution in [3.63, 3.8) is 0 Å². The van der Waals surface area contributed by atoms with Crippen LogP contribution >= 0.6 is 11.8 Å². The molecule has 0 amide bonds. The van der Waals surface area contributed by atoms with Crippen LogP contribution in [0.1, 0.15) is 6.92 Å². The molecule has 0 aromatic heterocycles. The average molecular weight is 174 g/mol. The van der Waals surface area contributed by atoms with E-state index in [-0.39, 0.29) is 0 Å². The first kappa shape index (κ1) is 9.36. The molecule has 0 aromatic carbocycles. The third kappa shape index (κ3) is 3.45. The zero-order valence-corrected chi connectivity index (χ0v) is 8.07. The average Bonchev–Trinajstić information content (AvgIpc) is 2.15.